The van der Waals surface area contributed by atoms with Crippen LogP contribution in [0.25, 0.3) is 0 Å². The van der Waals surface area contributed by atoms with Crippen molar-refractivity contribution in [1.29, 1.82) is 0 Å². The minimum Gasteiger partial charge on any atom is -0.871 e. The Balaban J connectivity index is 0. The number of aryl methyl sites for hydroxylation is 2. The molecule has 0 bridgehead atoms. The Morgan fingerprint density at radius 3 is 1.31 bits per heavy atom. The second-order valence-corrected chi connectivity index (χ2v) is 9.90. The summed E-state index contributed by atoms with van der Waals surface area (Å²) in [6.07, 6.45) is -0.833. The van der Waals surface area contributed by atoms with Crippen LogP contribution in [0.1, 0.15) is 49.9 Å². The molecule has 0 spiro atoms. The molecule has 2 aromatic rings. The normalized spacial score (nSPS) is 10.6. The predicted octanol–water partition coefficient (Wildman–Crippen LogP) is 2.83. The molecule has 0 amide bonds. The molecule has 0 aliphatic carbocycles. The van der Waals surface area contributed by atoms with Crippen LogP contribution in [0, 0.1) is 13.8 Å². The van der Waals surface area contributed by atoms with Crippen LogP contribution < -0.4 is 20.4 Å². The van der Waals surface area contributed by atoms with Crippen molar-refractivity contribution in [2.24, 2.45) is 0 Å². The molecule has 0 atom stereocenters. The summed E-state index contributed by atoms with van der Waals surface area (Å²) >= 11 is 12.1. The fourth-order valence-electron chi connectivity index (χ4n) is 2.87. The van der Waals surface area contributed by atoms with E-state index in [1.54, 1.807) is 39.8 Å². The molecule has 2 rings (SSSR count). The van der Waals surface area contributed by atoms with Crippen LogP contribution in [0.15, 0.2) is 24.3 Å². The van der Waals surface area contributed by atoms with E-state index >= 15 is 0 Å². The fraction of sp³-hybridized carbons (Fsp3) is 0.538. The first-order chi connectivity index (χ1) is 15.6. The first-order valence-electron chi connectivity index (χ1n) is 11.2. The Labute approximate surface area is 236 Å². The maximum Gasteiger partial charge on any atom is 4.00 e. The number of likely N-dealkylation sites (N-methyl/N-ethyl adjacent to an activating group) is 1. The van der Waals surface area contributed by atoms with Crippen molar-refractivity contribution in [3.8, 4) is 11.5 Å². The number of hydrogen-bond acceptors (Lipinski definition) is 6. The minimum absolute atomic E-state index is 0. The quantitative estimate of drug-likeness (QED) is 0.483. The van der Waals surface area contributed by atoms with Gasteiger partial charge in [-0.25, -0.2) is 0 Å². The summed E-state index contributed by atoms with van der Waals surface area (Å²) in [7, 11) is 3.98. The van der Waals surface area contributed by atoms with Crippen LogP contribution in [-0.2, 0) is 34.8 Å². The van der Waals surface area contributed by atoms with Gasteiger partial charge in [-0.15, -0.1) is 12.2 Å². The molecule has 194 valence electrons. The standard InChI is InChI=1S/C20H26Cl2N2O2.2C3H7O.Ti/c1-13-7-15(19(25)17(21)9-13)11-24(6-5-23(3)4)12-16-8-14(2)10-18(22)20(16)26;2*1-3(2)4;/h7-10,25-26H,5-6,11-12H2,1-4H3;2*3H,1-2H3;/q;2*-1;+4/p-2. The van der Waals surface area contributed by atoms with Crippen molar-refractivity contribution >= 4 is 23.2 Å². The Morgan fingerprint density at radius 2 is 1.03 bits per heavy atom. The van der Waals surface area contributed by atoms with E-state index in [0.29, 0.717) is 30.8 Å². The first kappa shape index (κ1) is 36.3. The van der Waals surface area contributed by atoms with Crippen LogP contribution in [0.2, 0.25) is 10.0 Å². The molecule has 0 unspecified atom stereocenters. The summed E-state index contributed by atoms with van der Waals surface area (Å²) in [5.41, 5.74) is 3.17. The van der Waals surface area contributed by atoms with Crippen LogP contribution in [0.4, 0.5) is 0 Å². The average molecular weight is 561 g/mol. The van der Waals surface area contributed by atoms with Gasteiger partial charge in [-0.3, -0.25) is 4.90 Å². The fourth-order valence-corrected chi connectivity index (χ4v) is 3.46. The maximum atomic E-state index is 12.4. The SMILES string of the molecule is CC(C)[O-].CC(C)[O-].Cc1cc(Cl)c([O-])c(CN(CCN(C)C)Cc2cc(C)cc(Cl)c2[O-])c1.[Ti+4]. The molecule has 0 aliphatic rings. The zero-order chi connectivity index (χ0) is 26.6. The third kappa shape index (κ3) is 16.5. The molecule has 0 saturated carbocycles. The zero-order valence-electron chi connectivity index (χ0n) is 22.1. The predicted molar refractivity (Wildman–Crippen MR) is 134 cm³/mol. The second-order valence-electron chi connectivity index (χ2n) is 9.08. The smallest absolute Gasteiger partial charge is 0.871 e. The zero-order valence-corrected chi connectivity index (χ0v) is 25.1. The molecule has 0 aromatic heterocycles. The van der Waals surface area contributed by atoms with Crippen LogP contribution in [0.5, 0.6) is 11.5 Å². The van der Waals surface area contributed by atoms with Gasteiger partial charge in [0.2, 0.25) is 0 Å². The van der Waals surface area contributed by atoms with Gasteiger partial charge in [-0.05, 0) is 62.3 Å². The van der Waals surface area contributed by atoms with E-state index in [4.69, 9.17) is 23.2 Å². The number of rotatable bonds is 7. The van der Waals surface area contributed by atoms with Gasteiger partial charge in [0, 0.05) is 36.2 Å². The molecule has 6 nitrogen and oxygen atoms in total. The van der Waals surface area contributed by atoms with Crippen molar-refractivity contribution in [1.82, 2.24) is 9.80 Å². The van der Waals surface area contributed by atoms with E-state index in [-0.39, 0.29) is 43.3 Å². The molecule has 0 aliphatic heterocycles. The van der Waals surface area contributed by atoms with Gasteiger partial charge in [0.1, 0.15) is 0 Å². The third-order valence-electron chi connectivity index (χ3n) is 4.18. The molecule has 0 heterocycles. The molecule has 0 radical (unpaired) electrons. The topological polar surface area (TPSA) is 98.7 Å². The van der Waals surface area contributed by atoms with Crippen molar-refractivity contribution in [3.63, 3.8) is 0 Å². The summed E-state index contributed by atoms with van der Waals surface area (Å²) in [5.74, 6) is -0.312. The molecule has 0 saturated heterocycles. The minimum atomic E-state index is -0.417. The van der Waals surface area contributed by atoms with Gasteiger partial charge < -0.3 is 25.3 Å². The monoisotopic (exact) mass is 560 g/mol. The average Bonchev–Trinajstić information content (AvgIpc) is 2.66. The molecule has 35 heavy (non-hydrogen) atoms. The summed E-state index contributed by atoms with van der Waals surface area (Å²) < 4.78 is 0. The summed E-state index contributed by atoms with van der Waals surface area (Å²) in [6, 6.07) is 7.07. The van der Waals surface area contributed by atoms with E-state index in [9.17, 15) is 20.4 Å². The van der Waals surface area contributed by atoms with E-state index < -0.39 is 12.2 Å². The van der Waals surface area contributed by atoms with E-state index in [0.717, 1.165) is 17.7 Å². The van der Waals surface area contributed by atoms with E-state index in [2.05, 4.69) is 9.80 Å². The molecule has 0 fully saturated rings. The van der Waals surface area contributed by atoms with Gasteiger partial charge in [-0.2, -0.15) is 0 Å². The van der Waals surface area contributed by atoms with Gasteiger partial charge in [0.05, 0.1) is 0 Å². The Bertz CT molecular complexity index is 810. The molecule has 2 aromatic carbocycles. The third-order valence-corrected chi connectivity index (χ3v) is 4.74. The van der Waals surface area contributed by atoms with Crippen LogP contribution in [-0.4, -0.2) is 49.2 Å². The van der Waals surface area contributed by atoms with Crippen molar-refractivity contribution < 1.29 is 42.1 Å². The summed E-state index contributed by atoms with van der Waals surface area (Å²) in [4.78, 5) is 4.15. The van der Waals surface area contributed by atoms with Crippen molar-refractivity contribution in [2.75, 3.05) is 27.2 Å². The molecular weight excluding hydrogens is 523 g/mol. The van der Waals surface area contributed by atoms with Gasteiger partial charge in [0.25, 0.3) is 0 Å². The number of benzene rings is 2. The van der Waals surface area contributed by atoms with Crippen molar-refractivity contribution in [2.45, 2.75) is 66.8 Å². The summed E-state index contributed by atoms with van der Waals surface area (Å²) in [5, 5.41) is 44.3. The summed E-state index contributed by atoms with van der Waals surface area (Å²) in [6.45, 7) is 12.6. The van der Waals surface area contributed by atoms with E-state index in [1.807, 2.05) is 40.1 Å². The van der Waals surface area contributed by atoms with Crippen molar-refractivity contribution in [3.05, 3.63) is 56.6 Å². The Hall–Kier alpha value is -0.826. The number of halogens is 2. The first-order valence-corrected chi connectivity index (χ1v) is 12.0. The molecule has 0 N–H and O–H groups in total. The number of nitrogens with zero attached hydrogens (tertiary/aromatic N) is 2. The Morgan fingerprint density at radius 1 is 0.714 bits per heavy atom. The largest absolute Gasteiger partial charge is 4.00 e. The van der Waals surface area contributed by atoms with Gasteiger partial charge in [0.15, 0.2) is 0 Å². The Kier molecular flexibility index (Phi) is 19.1. The molecule has 9 heteroatoms. The van der Waals surface area contributed by atoms with Crippen LogP contribution in [0.3, 0.4) is 0 Å². The maximum absolute atomic E-state index is 12.4. The van der Waals surface area contributed by atoms with E-state index in [1.165, 1.54) is 0 Å². The van der Waals surface area contributed by atoms with Crippen LogP contribution >= 0.6 is 23.2 Å². The second kappa shape index (κ2) is 18.4. The van der Waals surface area contributed by atoms with Gasteiger partial charge in [-0.1, -0.05) is 74.5 Å². The van der Waals surface area contributed by atoms with Gasteiger partial charge >= 0.3 is 21.7 Å². The molecular formula is C26H38Cl2N2O4Ti. The number of hydrogen-bond donors (Lipinski definition) is 0.